The molecule has 0 bridgehead atoms. The summed E-state index contributed by atoms with van der Waals surface area (Å²) in [5.74, 6) is -0.620. The number of benzene rings is 3. The van der Waals surface area contributed by atoms with E-state index in [0.29, 0.717) is 46.2 Å². The summed E-state index contributed by atoms with van der Waals surface area (Å²) in [5.41, 5.74) is 1.46. The van der Waals surface area contributed by atoms with Crippen molar-refractivity contribution in [3.05, 3.63) is 75.2 Å². The molecule has 1 aliphatic rings. The number of carbonyl (C=O) groups is 2. The summed E-state index contributed by atoms with van der Waals surface area (Å²) in [4.78, 5) is 29.8. The number of fused-ring (bicyclic) bond motifs is 1. The molecular formula is C28H25BrClF2N5O4. The lowest BCUT2D eigenvalue weighted by molar-refractivity contribution is -0.131. The van der Waals surface area contributed by atoms with Crippen molar-refractivity contribution in [2.45, 2.75) is 31.4 Å². The second-order valence-corrected chi connectivity index (χ2v) is 11.0. The summed E-state index contributed by atoms with van der Waals surface area (Å²) in [6, 6.07) is 15.0. The Morgan fingerprint density at radius 3 is 2.59 bits per heavy atom. The number of anilines is 3. The standard InChI is InChI=1S/C28H25BrClF2N5O4/c1-37-22-12-23(41-14-24(31)32)18(25(38)34-17-5-3-16(29)4-6-17)11-21(22)36-27(37)35-20-10-15(2-7-19(20)30)13-33-26(39)28(40)8-9-28/h2-7,10-12,24,40H,8-9,13-14H2,1H3,(H,33,39)(H,34,38)(H,35,36). The molecular weight excluding hydrogens is 624 g/mol. The van der Waals surface area contributed by atoms with E-state index < -0.39 is 30.4 Å². The van der Waals surface area contributed by atoms with Crippen molar-refractivity contribution in [2.75, 3.05) is 17.2 Å². The fourth-order valence-corrected chi connectivity index (χ4v) is 4.53. The Bertz CT molecular complexity index is 1630. The molecule has 0 unspecified atom stereocenters. The molecule has 1 aliphatic carbocycles. The number of carbonyl (C=O) groups excluding carboxylic acids is 2. The first-order chi connectivity index (χ1) is 19.5. The highest BCUT2D eigenvalue weighted by atomic mass is 79.9. The number of nitrogens with one attached hydrogen (secondary N) is 3. The van der Waals surface area contributed by atoms with Gasteiger partial charge in [0.15, 0.2) is 0 Å². The summed E-state index contributed by atoms with van der Waals surface area (Å²) in [7, 11) is 1.71. The molecule has 9 nitrogen and oxygen atoms in total. The van der Waals surface area contributed by atoms with Crippen molar-refractivity contribution < 1.29 is 28.2 Å². The minimum atomic E-state index is -2.73. The highest BCUT2D eigenvalue weighted by Crippen LogP contribution is 2.35. The Labute approximate surface area is 247 Å². The third-order valence-corrected chi connectivity index (χ3v) is 7.43. The van der Waals surface area contributed by atoms with E-state index >= 15 is 0 Å². The molecule has 41 heavy (non-hydrogen) atoms. The molecule has 4 aromatic rings. The minimum Gasteiger partial charge on any atom is -0.487 e. The number of aryl methyl sites for hydroxylation is 1. The normalized spacial score (nSPS) is 13.7. The van der Waals surface area contributed by atoms with Crippen molar-refractivity contribution >= 4 is 67.7 Å². The summed E-state index contributed by atoms with van der Waals surface area (Å²) in [6.45, 7) is -0.694. The second kappa shape index (κ2) is 11.6. The molecule has 1 heterocycles. The minimum absolute atomic E-state index is 0.0185. The van der Waals surface area contributed by atoms with Gasteiger partial charge < -0.3 is 30.4 Å². The monoisotopic (exact) mass is 647 g/mol. The number of rotatable bonds is 10. The number of aromatic nitrogens is 2. The predicted octanol–water partition coefficient (Wildman–Crippen LogP) is 5.77. The van der Waals surface area contributed by atoms with Gasteiger partial charge in [-0.15, -0.1) is 0 Å². The van der Waals surface area contributed by atoms with Crippen molar-refractivity contribution in [3.63, 3.8) is 0 Å². The quantitative estimate of drug-likeness (QED) is 0.174. The van der Waals surface area contributed by atoms with Crippen LogP contribution in [0.2, 0.25) is 5.02 Å². The topological polar surface area (TPSA) is 118 Å². The average molecular weight is 649 g/mol. The van der Waals surface area contributed by atoms with E-state index in [9.17, 15) is 23.5 Å². The maximum Gasteiger partial charge on any atom is 0.272 e. The van der Waals surface area contributed by atoms with E-state index in [0.717, 1.165) is 10.0 Å². The lowest BCUT2D eigenvalue weighted by Crippen LogP contribution is -2.35. The van der Waals surface area contributed by atoms with E-state index in [4.69, 9.17) is 16.3 Å². The second-order valence-electron chi connectivity index (χ2n) is 9.65. The molecule has 4 N–H and O–H groups in total. The smallest absolute Gasteiger partial charge is 0.272 e. The zero-order valence-corrected chi connectivity index (χ0v) is 24.0. The first kappa shape index (κ1) is 28.8. The van der Waals surface area contributed by atoms with Gasteiger partial charge >= 0.3 is 0 Å². The number of aliphatic hydroxyl groups is 1. The molecule has 2 amide bonds. The first-order valence-corrected chi connectivity index (χ1v) is 13.7. The van der Waals surface area contributed by atoms with Gasteiger partial charge in [-0.2, -0.15) is 0 Å². The van der Waals surface area contributed by atoms with Gasteiger partial charge in [0, 0.05) is 29.8 Å². The Kier molecular flexibility index (Phi) is 8.16. The van der Waals surface area contributed by atoms with Crippen molar-refractivity contribution in [1.82, 2.24) is 14.9 Å². The van der Waals surface area contributed by atoms with Gasteiger partial charge in [0.25, 0.3) is 18.2 Å². The van der Waals surface area contributed by atoms with Crippen LogP contribution in [0.5, 0.6) is 5.75 Å². The molecule has 0 saturated heterocycles. The molecule has 5 rings (SSSR count). The van der Waals surface area contributed by atoms with Crippen LogP contribution >= 0.6 is 27.5 Å². The molecule has 1 aromatic heterocycles. The first-order valence-electron chi connectivity index (χ1n) is 12.6. The van der Waals surface area contributed by atoms with Gasteiger partial charge in [0.2, 0.25) is 5.95 Å². The van der Waals surface area contributed by atoms with Crippen LogP contribution in [0, 0.1) is 0 Å². The van der Waals surface area contributed by atoms with E-state index in [1.165, 1.54) is 12.1 Å². The average Bonchev–Trinajstić information content (AvgIpc) is 3.63. The number of alkyl halides is 2. The molecule has 0 atom stereocenters. The van der Waals surface area contributed by atoms with E-state index in [2.05, 4.69) is 36.9 Å². The summed E-state index contributed by atoms with van der Waals surface area (Å²) in [5, 5.41) is 19.0. The van der Waals surface area contributed by atoms with E-state index in [1.54, 1.807) is 54.1 Å². The van der Waals surface area contributed by atoms with Gasteiger partial charge in [-0.25, -0.2) is 13.8 Å². The van der Waals surface area contributed by atoms with Crippen molar-refractivity contribution in [2.24, 2.45) is 7.05 Å². The SMILES string of the molecule is Cn1c(Nc2cc(CNC(=O)C3(O)CC3)ccc2Cl)nc2cc(C(=O)Nc3ccc(Br)cc3)c(OCC(F)F)cc21. The molecule has 0 aliphatic heterocycles. The number of imidazole rings is 1. The fourth-order valence-electron chi connectivity index (χ4n) is 4.10. The lowest BCUT2D eigenvalue weighted by Gasteiger charge is -2.13. The zero-order chi connectivity index (χ0) is 29.3. The Morgan fingerprint density at radius 2 is 1.90 bits per heavy atom. The van der Waals surface area contributed by atoms with Crippen LogP contribution in [0.15, 0.2) is 59.1 Å². The molecule has 1 fully saturated rings. The van der Waals surface area contributed by atoms with Crippen LogP contribution in [-0.4, -0.2) is 45.1 Å². The largest absolute Gasteiger partial charge is 0.487 e. The molecule has 3 aromatic carbocycles. The Morgan fingerprint density at radius 1 is 1.17 bits per heavy atom. The third-order valence-electron chi connectivity index (χ3n) is 6.57. The number of halogens is 4. The summed E-state index contributed by atoms with van der Waals surface area (Å²) >= 11 is 9.76. The summed E-state index contributed by atoms with van der Waals surface area (Å²) < 4.78 is 33.8. The number of amides is 2. The van der Waals surface area contributed by atoms with E-state index in [-0.39, 0.29) is 17.9 Å². The zero-order valence-electron chi connectivity index (χ0n) is 21.7. The number of hydrogen-bond donors (Lipinski definition) is 4. The van der Waals surface area contributed by atoms with Crippen LogP contribution < -0.4 is 20.7 Å². The fraction of sp³-hybridized carbons (Fsp3) is 0.250. The van der Waals surface area contributed by atoms with Gasteiger partial charge in [-0.3, -0.25) is 9.59 Å². The van der Waals surface area contributed by atoms with Crippen molar-refractivity contribution in [1.29, 1.82) is 0 Å². The van der Waals surface area contributed by atoms with Gasteiger partial charge in [0.05, 0.1) is 27.3 Å². The number of nitrogens with zero attached hydrogens (tertiary/aromatic N) is 2. The van der Waals surface area contributed by atoms with Gasteiger partial charge in [-0.1, -0.05) is 33.6 Å². The molecule has 0 radical (unpaired) electrons. The maximum atomic E-state index is 13.1. The van der Waals surface area contributed by atoms with Crippen LogP contribution in [0.1, 0.15) is 28.8 Å². The number of hydrogen-bond acceptors (Lipinski definition) is 6. The summed E-state index contributed by atoms with van der Waals surface area (Å²) in [6.07, 6.45) is -1.84. The predicted molar refractivity (Wildman–Crippen MR) is 155 cm³/mol. The van der Waals surface area contributed by atoms with E-state index in [1.807, 2.05) is 0 Å². The van der Waals surface area contributed by atoms with Crippen LogP contribution in [0.3, 0.4) is 0 Å². The van der Waals surface area contributed by atoms with Crippen LogP contribution in [0.4, 0.5) is 26.1 Å². The number of ether oxygens (including phenoxy) is 1. The Balaban J connectivity index is 1.42. The van der Waals surface area contributed by atoms with Crippen LogP contribution in [-0.2, 0) is 18.4 Å². The van der Waals surface area contributed by atoms with Gasteiger partial charge in [-0.05, 0) is 60.9 Å². The highest BCUT2D eigenvalue weighted by Gasteiger charge is 2.47. The molecule has 0 spiro atoms. The molecule has 214 valence electrons. The third kappa shape index (κ3) is 6.61. The van der Waals surface area contributed by atoms with Crippen molar-refractivity contribution in [3.8, 4) is 5.75 Å². The van der Waals surface area contributed by atoms with Crippen LogP contribution in [0.25, 0.3) is 11.0 Å². The molecule has 13 heteroatoms. The Hall–Kier alpha value is -3.74. The van der Waals surface area contributed by atoms with Gasteiger partial charge in [0.1, 0.15) is 18.0 Å². The molecule has 1 saturated carbocycles. The highest BCUT2D eigenvalue weighted by molar-refractivity contribution is 9.10. The maximum absolute atomic E-state index is 13.1. The lowest BCUT2D eigenvalue weighted by atomic mass is 10.1.